The van der Waals surface area contributed by atoms with E-state index in [1.54, 1.807) is 0 Å². The van der Waals surface area contributed by atoms with E-state index in [1.807, 2.05) is 17.0 Å². The highest BCUT2D eigenvalue weighted by Gasteiger charge is 2.42. The number of hydrogen-bond donors (Lipinski definition) is 1. The molecule has 0 saturated carbocycles. The van der Waals surface area contributed by atoms with Gasteiger partial charge in [0.05, 0.1) is 0 Å². The summed E-state index contributed by atoms with van der Waals surface area (Å²) < 4.78 is 6.74. The zero-order valence-electron chi connectivity index (χ0n) is 21.6. The summed E-state index contributed by atoms with van der Waals surface area (Å²) in [5, 5.41) is 0. The second-order valence-electron chi connectivity index (χ2n) is 11.3. The molecule has 192 valence electrons. The molecule has 7 heteroatoms. The van der Waals surface area contributed by atoms with Crippen molar-refractivity contribution in [2.24, 2.45) is 10.9 Å². The Morgan fingerprint density at radius 2 is 1.78 bits per heavy atom. The lowest BCUT2D eigenvalue weighted by atomic mass is 9.80. The Kier molecular flexibility index (Phi) is 6.28. The Hall–Kier alpha value is -2.80. The van der Waals surface area contributed by atoms with Crippen LogP contribution in [0.5, 0.6) is 0 Å². The number of hydroxylamine groups is 1. The van der Waals surface area contributed by atoms with E-state index in [2.05, 4.69) is 42.4 Å². The molecule has 0 bridgehead atoms. The van der Waals surface area contributed by atoms with E-state index in [0.29, 0.717) is 5.92 Å². The summed E-state index contributed by atoms with van der Waals surface area (Å²) in [4.78, 5) is 27.3. The highest BCUT2D eigenvalue weighted by molar-refractivity contribution is 5.94. The van der Waals surface area contributed by atoms with Gasteiger partial charge >= 0.3 is 6.02 Å². The average molecular weight is 491 g/mol. The van der Waals surface area contributed by atoms with Crippen LogP contribution in [0, 0.1) is 5.92 Å². The van der Waals surface area contributed by atoms with Crippen molar-refractivity contribution in [1.29, 1.82) is 0 Å². The third-order valence-electron chi connectivity index (χ3n) is 8.51. The number of amidine groups is 1. The summed E-state index contributed by atoms with van der Waals surface area (Å²) in [6.45, 7) is 7.90. The molecule has 1 N–H and O–H groups in total. The molecule has 0 aromatic heterocycles. The van der Waals surface area contributed by atoms with Crippen molar-refractivity contribution in [3.05, 3.63) is 52.8 Å². The summed E-state index contributed by atoms with van der Waals surface area (Å²) in [5.41, 5.74) is 7.72. The lowest BCUT2D eigenvalue weighted by Crippen LogP contribution is -2.49. The predicted molar refractivity (Wildman–Crippen MR) is 140 cm³/mol. The third-order valence-corrected chi connectivity index (χ3v) is 8.51. The normalized spacial score (nSPS) is 25.5. The number of nitrogens with zero attached hydrogens (tertiary/aromatic N) is 3. The van der Waals surface area contributed by atoms with Gasteiger partial charge in [-0.3, -0.25) is 4.79 Å². The summed E-state index contributed by atoms with van der Waals surface area (Å²) >= 11 is 0. The number of rotatable bonds is 3. The van der Waals surface area contributed by atoms with Gasteiger partial charge in [-0.25, -0.2) is 4.99 Å². The predicted octanol–water partition coefficient (Wildman–Crippen LogP) is 4.87. The first kappa shape index (κ1) is 23.6. The first-order valence-electron chi connectivity index (χ1n) is 13.8. The Bertz CT molecular complexity index is 1090. The monoisotopic (exact) mass is 490 g/mol. The summed E-state index contributed by atoms with van der Waals surface area (Å²) in [6, 6.07) is 8.97. The van der Waals surface area contributed by atoms with Crippen LogP contribution in [0.3, 0.4) is 0 Å². The third kappa shape index (κ3) is 4.54. The fraction of sp³-hybridized carbons (Fsp3) is 0.586. The molecule has 1 atom stereocenters. The molecule has 1 aliphatic carbocycles. The van der Waals surface area contributed by atoms with Gasteiger partial charge < -0.3 is 19.4 Å². The van der Waals surface area contributed by atoms with Crippen molar-refractivity contribution >= 4 is 17.5 Å². The molecular weight excluding hydrogens is 452 g/mol. The number of likely N-dealkylation sites (tertiary alicyclic amines) is 2. The van der Waals surface area contributed by atoms with E-state index in [0.717, 1.165) is 89.1 Å². The number of carbonyl (C=O) groups excluding carboxylic acids is 1. The minimum Gasteiger partial charge on any atom is -0.491 e. The van der Waals surface area contributed by atoms with Gasteiger partial charge in [-0.15, -0.1) is 5.48 Å². The van der Waals surface area contributed by atoms with E-state index in [1.165, 1.54) is 22.5 Å². The quantitative estimate of drug-likeness (QED) is 0.655. The number of piperidine rings is 1. The molecule has 6 rings (SSSR count). The molecule has 1 aromatic carbocycles. The Labute approximate surface area is 214 Å². The number of ether oxygens (including phenoxy) is 1. The van der Waals surface area contributed by atoms with E-state index >= 15 is 0 Å². The van der Waals surface area contributed by atoms with Gasteiger partial charge in [-0.05, 0) is 66.9 Å². The van der Waals surface area contributed by atoms with Crippen LogP contribution in [0.1, 0.15) is 81.1 Å². The van der Waals surface area contributed by atoms with Gasteiger partial charge in [-0.2, -0.15) is 0 Å². The van der Waals surface area contributed by atoms with Gasteiger partial charge in [0.1, 0.15) is 17.5 Å². The van der Waals surface area contributed by atoms with Gasteiger partial charge in [0.15, 0.2) is 0 Å². The van der Waals surface area contributed by atoms with Crippen molar-refractivity contribution in [1.82, 2.24) is 15.3 Å². The maximum absolute atomic E-state index is 12.7. The highest BCUT2D eigenvalue weighted by atomic mass is 16.7. The second-order valence-corrected chi connectivity index (χ2v) is 11.3. The number of allylic oxidation sites excluding steroid dienone is 4. The van der Waals surface area contributed by atoms with E-state index in [9.17, 15) is 4.79 Å². The number of nitrogens with one attached hydrogen (secondary N) is 1. The molecule has 5 aliphatic rings. The fourth-order valence-electron chi connectivity index (χ4n) is 6.11. The van der Waals surface area contributed by atoms with E-state index in [-0.39, 0.29) is 17.7 Å². The number of amides is 1. The first-order valence-corrected chi connectivity index (χ1v) is 13.8. The smallest absolute Gasteiger partial charge is 0.309 e. The lowest BCUT2D eigenvalue weighted by molar-refractivity contribution is -0.0602. The number of benzene rings is 1. The lowest BCUT2D eigenvalue weighted by Gasteiger charge is -2.45. The maximum Gasteiger partial charge on any atom is 0.309 e. The molecule has 1 aromatic rings. The SMILES string of the molecule is CC(C)C1N=C(N2CCC3(CCC4=C(CCC(c5ccc(C(=O)N6CCCC6)cc5)=C4)O3)CC2)ON1. The Balaban J connectivity index is 1.09. The number of carbonyl (C=O) groups is 1. The van der Waals surface area contributed by atoms with Crippen LogP contribution in [0.4, 0.5) is 0 Å². The average Bonchev–Trinajstić information content (AvgIpc) is 3.62. The van der Waals surface area contributed by atoms with Gasteiger partial charge in [-0.1, -0.05) is 32.1 Å². The summed E-state index contributed by atoms with van der Waals surface area (Å²) in [7, 11) is 0. The van der Waals surface area contributed by atoms with Crippen LogP contribution in [0.15, 0.2) is 46.7 Å². The molecule has 4 heterocycles. The topological polar surface area (TPSA) is 66.4 Å². The van der Waals surface area contributed by atoms with Gasteiger partial charge in [0, 0.05) is 51.0 Å². The van der Waals surface area contributed by atoms with Crippen LogP contribution in [0.25, 0.3) is 5.57 Å². The van der Waals surface area contributed by atoms with Crippen LogP contribution < -0.4 is 5.48 Å². The Morgan fingerprint density at radius 1 is 1.03 bits per heavy atom. The molecule has 36 heavy (non-hydrogen) atoms. The standard InChI is InChI=1S/C29H38N4O3/c1-20(2)26-30-28(36-31-26)33-17-13-29(14-18-33)12-11-24-19-23(9-10-25(24)35-29)21-5-7-22(8-6-21)27(34)32-15-3-4-16-32/h5-8,19-20,26,31H,3-4,9-18H2,1-2H3. The molecule has 4 aliphatic heterocycles. The molecule has 1 unspecified atom stereocenters. The fourth-order valence-corrected chi connectivity index (χ4v) is 6.11. The highest BCUT2D eigenvalue weighted by Crippen LogP contribution is 2.44. The van der Waals surface area contributed by atoms with Crippen molar-refractivity contribution in [2.75, 3.05) is 26.2 Å². The first-order chi connectivity index (χ1) is 17.5. The number of hydrogen-bond acceptors (Lipinski definition) is 6. The largest absolute Gasteiger partial charge is 0.491 e. The van der Waals surface area contributed by atoms with Crippen molar-refractivity contribution in [3.8, 4) is 0 Å². The van der Waals surface area contributed by atoms with Crippen molar-refractivity contribution < 1.29 is 14.4 Å². The molecule has 0 radical (unpaired) electrons. The molecule has 2 saturated heterocycles. The Morgan fingerprint density at radius 3 is 2.47 bits per heavy atom. The molecule has 7 nitrogen and oxygen atoms in total. The van der Waals surface area contributed by atoms with Gasteiger partial charge in [0.25, 0.3) is 5.91 Å². The zero-order chi connectivity index (χ0) is 24.7. The van der Waals surface area contributed by atoms with Crippen molar-refractivity contribution in [2.45, 2.75) is 77.0 Å². The van der Waals surface area contributed by atoms with Crippen LogP contribution in [-0.2, 0) is 9.57 Å². The second kappa shape index (κ2) is 9.58. The maximum atomic E-state index is 12.7. The van der Waals surface area contributed by atoms with Crippen LogP contribution >= 0.6 is 0 Å². The minimum atomic E-state index is -0.0533. The minimum absolute atomic E-state index is 0.0412. The summed E-state index contributed by atoms with van der Waals surface area (Å²) in [6.07, 6.45) is 10.7. The number of aliphatic imine (C=N–C) groups is 1. The van der Waals surface area contributed by atoms with E-state index < -0.39 is 0 Å². The van der Waals surface area contributed by atoms with Crippen LogP contribution in [-0.4, -0.2) is 59.7 Å². The van der Waals surface area contributed by atoms with Gasteiger partial charge in [0.2, 0.25) is 0 Å². The molecule has 1 spiro atoms. The summed E-state index contributed by atoms with van der Waals surface area (Å²) in [5.74, 6) is 1.77. The zero-order valence-corrected chi connectivity index (χ0v) is 21.6. The van der Waals surface area contributed by atoms with Crippen molar-refractivity contribution in [3.63, 3.8) is 0 Å². The van der Waals surface area contributed by atoms with Crippen LogP contribution in [0.2, 0.25) is 0 Å². The molecule has 2 fully saturated rings. The van der Waals surface area contributed by atoms with E-state index in [4.69, 9.17) is 14.6 Å². The molecule has 1 amide bonds. The molecular formula is C29H38N4O3.